The first kappa shape index (κ1) is 15.7. The molecular formula is C18H20ClN3O2. The van der Waals surface area contributed by atoms with Crippen molar-refractivity contribution >= 4 is 29.2 Å². The molecule has 0 aromatic carbocycles. The summed E-state index contributed by atoms with van der Waals surface area (Å²) in [5, 5.41) is 0.410. The summed E-state index contributed by atoms with van der Waals surface area (Å²) in [5.41, 5.74) is 1.51. The Balaban J connectivity index is 1.52. The summed E-state index contributed by atoms with van der Waals surface area (Å²) in [6.45, 7) is 2.36. The Labute approximate surface area is 145 Å². The van der Waals surface area contributed by atoms with Crippen LogP contribution in [-0.2, 0) is 9.53 Å². The monoisotopic (exact) mass is 345 g/mol. The Bertz CT molecular complexity index is 776. The van der Waals surface area contributed by atoms with Crippen molar-refractivity contribution in [1.82, 2.24) is 14.3 Å². The number of carbonyl (C=O) groups excluding carboxylic acids is 1. The molecule has 1 aliphatic heterocycles. The zero-order valence-corrected chi connectivity index (χ0v) is 14.2. The Morgan fingerprint density at radius 3 is 3.04 bits per heavy atom. The number of hydrogen-bond donors (Lipinski definition) is 0. The van der Waals surface area contributed by atoms with Crippen LogP contribution in [-0.4, -0.2) is 46.0 Å². The summed E-state index contributed by atoms with van der Waals surface area (Å²) in [6, 6.07) is 6.11. The lowest BCUT2D eigenvalue weighted by Gasteiger charge is -2.23. The summed E-state index contributed by atoms with van der Waals surface area (Å²) in [5.74, 6) is 0.508. The van der Waals surface area contributed by atoms with Gasteiger partial charge in [0, 0.05) is 37.4 Å². The molecule has 2 aromatic heterocycles. The van der Waals surface area contributed by atoms with Crippen LogP contribution in [0.25, 0.3) is 11.7 Å². The van der Waals surface area contributed by atoms with Crippen LogP contribution < -0.4 is 0 Å². The van der Waals surface area contributed by atoms with Gasteiger partial charge in [0.2, 0.25) is 5.91 Å². The van der Waals surface area contributed by atoms with Crippen molar-refractivity contribution in [3.05, 3.63) is 41.3 Å². The fraction of sp³-hybridized carbons (Fsp3) is 0.444. The smallest absolute Gasteiger partial charge is 0.246 e. The quantitative estimate of drug-likeness (QED) is 0.782. The van der Waals surface area contributed by atoms with Gasteiger partial charge in [0.15, 0.2) is 5.15 Å². The molecule has 1 aliphatic carbocycles. The van der Waals surface area contributed by atoms with E-state index in [4.69, 9.17) is 16.3 Å². The molecular weight excluding hydrogens is 326 g/mol. The number of pyridine rings is 1. The third-order valence-corrected chi connectivity index (χ3v) is 4.93. The number of amides is 1. The number of rotatable bonds is 5. The Hall–Kier alpha value is -1.85. The van der Waals surface area contributed by atoms with Gasteiger partial charge in [0.25, 0.3) is 0 Å². The molecule has 4 rings (SSSR count). The molecule has 126 valence electrons. The molecule has 2 aliphatic rings. The highest BCUT2D eigenvalue weighted by Gasteiger charge is 2.33. The van der Waals surface area contributed by atoms with Gasteiger partial charge >= 0.3 is 0 Å². The van der Waals surface area contributed by atoms with Gasteiger partial charge in [0.1, 0.15) is 5.65 Å². The van der Waals surface area contributed by atoms with Crippen molar-refractivity contribution in [2.75, 3.05) is 19.8 Å². The third kappa shape index (κ3) is 3.19. The van der Waals surface area contributed by atoms with Crippen molar-refractivity contribution < 1.29 is 9.53 Å². The Morgan fingerprint density at radius 2 is 2.29 bits per heavy atom. The van der Waals surface area contributed by atoms with Crippen LogP contribution in [0.1, 0.15) is 25.0 Å². The van der Waals surface area contributed by atoms with Crippen LogP contribution in [0.3, 0.4) is 0 Å². The zero-order chi connectivity index (χ0) is 16.5. The molecule has 1 amide bonds. The molecule has 1 atom stereocenters. The highest BCUT2D eigenvalue weighted by molar-refractivity contribution is 6.31. The second-order valence-corrected chi connectivity index (χ2v) is 6.86. The highest BCUT2D eigenvalue weighted by Crippen LogP contribution is 2.29. The van der Waals surface area contributed by atoms with Gasteiger partial charge in [-0.2, -0.15) is 0 Å². The minimum atomic E-state index is 0.0475. The summed E-state index contributed by atoms with van der Waals surface area (Å²) in [7, 11) is 0. The van der Waals surface area contributed by atoms with Crippen LogP contribution in [0.2, 0.25) is 5.15 Å². The maximum atomic E-state index is 12.7. The minimum absolute atomic E-state index is 0.0475. The standard InChI is InChI=1S/C18H20ClN3O2/c19-18-15(21-9-2-1-3-16(21)20-18)6-7-17(23)22(14-4-5-14)11-13-8-10-24-12-13/h1-3,6-7,9,13-14H,4-5,8,10-12H2/b7-6+. The molecule has 24 heavy (non-hydrogen) atoms. The second-order valence-electron chi connectivity index (χ2n) is 6.50. The van der Waals surface area contributed by atoms with E-state index in [2.05, 4.69) is 4.98 Å². The normalized spacial score (nSPS) is 21.0. The molecule has 6 heteroatoms. The molecule has 5 nitrogen and oxygen atoms in total. The first-order valence-corrected chi connectivity index (χ1v) is 8.79. The summed E-state index contributed by atoms with van der Waals surface area (Å²) < 4.78 is 7.32. The molecule has 0 radical (unpaired) electrons. The number of aromatic nitrogens is 2. The van der Waals surface area contributed by atoms with Crippen LogP contribution in [0.15, 0.2) is 30.5 Å². The molecule has 2 fully saturated rings. The van der Waals surface area contributed by atoms with Gasteiger partial charge in [-0.25, -0.2) is 4.98 Å². The van der Waals surface area contributed by atoms with Crippen molar-refractivity contribution in [1.29, 1.82) is 0 Å². The predicted octanol–water partition coefficient (Wildman–Crippen LogP) is 3.03. The van der Waals surface area contributed by atoms with E-state index in [0.29, 0.717) is 17.1 Å². The fourth-order valence-corrected chi connectivity index (χ4v) is 3.43. The maximum absolute atomic E-state index is 12.7. The number of nitrogens with zero attached hydrogens (tertiary/aromatic N) is 3. The zero-order valence-electron chi connectivity index (χ0n) is 13.4. The van der Waals surface area contributed by atoms with Gasteiger partial charge in [-0.05, 0) is 37.5 Å². The van der Waals surface area contributed by atoms with E-state index in [-0.39, 0.29) is 5.91 Å². The first-order valence-electron chi connectivity index (χ1n) is 8.41. The lowest BCUT2D eigenvalue weighted by molar-refractivity contribution is -0.127. The molecule has 0 bridgehead atoms. The first-order chi connectivity index (χ1) is 11.7. The van der Waals surface area contributed by atoms with E-state index in [1.807, 2.05) is 33.7 Å². The summed E-state index contributed by atoms with van der Waals surface area (Å²) in [4.78, 5) is 19.0. The van der Waals surface area contributed by atoms with E-state index >= 15 is 0 Å². The molecule has 0 N–H and O–H groups in total. The average Bonchev–Trinajstić information content (AvgIpc) is 3.19. The minimum Gasteiger partial charge on any atom is -0.381 e. The Kier molecular flexibility index (Phi) is 4.29. The Morgan fingerprint density at radius 1 is 1.42 bits per heavy atom. The van der Waals surface area contributed by atoms with Crippen molar-refractivity contribution in [3.63, 3.8) is 0 Å². The number of imidazole rings is 1. The third-order valence-electron chi connectivity index (χ3n) is 4.66. The van der Waals surface area contributed by atoms with Crippen molar-refractivity contribution in [2.24, 2.45) is 5.92 Å². The molecule has 1 saturated heterocycles. The van der Waals surface area contributed by atoms with Gasteiger partial charge in [-0.3, -0.25) is 9.20 Å². The molecule has 1 unspecified atom stereocenters. The SMILES string of the molecule is O=C(/C=C/c1c(Cl)nc2ccccn12)N(CC1CCOC1)C1CC1. The summed E-state index contributed by atoms with van der Waals surface area (Å²) >= 11 is 6.22. The van der Waals surface area contributed by atoms with E-state index < -0.39 is 0 Å². The van der Waals surface area contributed by atoms with Crippen LogP contribution in [0, 0.1) is 5.92 Å². The summed E-state index contributed by atoms with van der Waals surface area (Å²) in [6.07, 6.45) is 8.53. The molecule has 1 saturated carbocycles. The number of hydrogen-bond acceptors (Lipinski definition) is 3. The lowest BCUT2D eigenvalue weighted by atomic mass is 10.1. The van der Waals surface area contributed by atoms with Crippen LogP contribution in [0.4, 0.5) is 0 Å². The van der Waals surface area contributed by atoms with Crippen LogP contribution in [0.5, 0.6) is 0 Å². The van der Waals surface area contributed by atoms with E-state index in [0.717, 1.165) is 50.4 Å². The highest BCUT2D eigenvalue weighted by atomic mass is 35.5. The molecule has 3 heterocycles. The predicted molar refractivity (Wildman–Crippen MR) is 92.9 cm³/mol. The second kappa shape index (κ2) is 6.57. The molecule has 2 aromatic rings. The van der Waals surface area contributed by atoms with Crippen LogP contribution >= 0.6 is 11.6 Å². The molecule has 0 spiro atoms. The topological polar surface area (TPSA) is 46.8 Å². The van der Waals surface area contributed by atoms with Gasteiger partial charge in [-0.1, -0.05) is 17.7 Å². The van der Waals surface area contributed by atoms with E-state index in [1.54, 1.807) is 12.2 Å². The van der Waals surface area contributed by atoms with Gasteiger partial charge in [-0.15, -0.1) is 0 Å². The maximum Gasteiger partial charge on any atom is 0.246 e. The van der Waals surface area contributed by atoms with Gasteiger partial charge < -0.3 is 9.64 Å². The van der Waals surface area contributed by atoms with E-state index in [1.165, 1.54) is 0 Å². The van der Waals surface area contributed by atoms with E-state index in [9.17, 15) is 4.79 Å². The number of halogens is 1. The van der Waals surface area contributed by atoms with Crippen molar-refractivity contribution in [2.45, 2.75) is 25.3 Å². The number of ether oxygens (including phenoxy) is 1. The van der Waals surface area contributed by atoms with Crippen molar-refractivity contribution in [3.8, 4) is 0 Å². The fourth-order valence-electron chi connectivity index (χ4n) is 3.19. The number of carbonyl (C=O) groups is 1. The lowest BCUT2D eigenvalue weighted by Crippen LogP contribution is -2.36. The number of fused-ring (bicyclic) bond motifs is 1. The van der Waals surface area contributed by atoms with Gasteiger partial charge in [0.05, 0.1) is 12.3 Å². The largest absolute Gasteiger partial charge is 0.381 e. The average molecular weight is 346 g/mol.